The molecule has 0 spiro atoms. The van der Waals surface area contributed by atoms with Crippen molar-refractivity contribution in [3.63, 3.8) is 0 Å². The van der Waals surface area contributed by atoms with E-state index in [1.54, 1.807) is 12.4 Å². The van der Waals surface area contributed by atoms with Crippen LogP contribution in [0.4, 0.5) is 8.78 Å². The third kappa shape index (κ3) is 3.87. The predicted octanol–water partition coefficient (Wildman–Crippen LogP) is 3.38. The van der Waals surface area contributed by atoms with Crippen molar-refractivity contribution in [2.24, 2.45) is 5.92 Å². The summed E-state index contributed by atoms with van der Waals surface area (Å²) in [6, 6.07) is 7.27. The Balaban J connectivity index is 2.10. The summed E-state index contributed by atoms with van der Waals surface area (Å²) in [7, 11) is 0. The molecule has 1 aromatic carbocycles. The second-order valence-electron chi connectivity index (χ2n) is 5.57. The maximum atomic E-state index is 13.7. The molecule has 0 fully saturated rings. The molecule has 2 rings (SSSR count). The fraction of sp³-hybridized carbons (Fsp3) is 0.353. The van der Waals surface area contributed by atoms with Gasteiger partial charge in [0.15, 0.2) is 0 Å². The highest BCUT2D eigenvalue weighted by molar-refractivity contribution is 5.22. The number of nitrogens with zero attached hydrogens (tertiary/aromatic N) is 1. The second kappa shape index (κ2) is 7.42. The highest BCUT2D eigenvalue weighted by Gasteiger charge is 2.21. The van der Waals surface area contributed by atoms with Crippen LogP contribution in [0.3, 0.4) is 0 Å². The number of hydrogen-bond donors (Lipinski definition) is 2. The van der Waals surface area contributed by atoms with Crippen LogP contribution in [-0.4, -0.2) is 16.6 Å². The average Bonchev–Trinajstić information content (AvgIpc) is 2.48. The van der Waals surface area contributed by atoms with Crippen molar-refractivity contribution < 1.29 is 13.9 Å². The number of pyridine rings is 1. The first-order valence-electron chi connectivity index (χ1n) is 7.26. The minimum atomic E-state index is -1.25. The van der Waals surface area contributed by atoms with Gasteiger partial charge in [-0.2, -0.15) is 0 Å². The molecule has 118 valence electrons. The summed E-state index contributed by atoms with van der Waals surface area (Å²) in [6.07, 6.45) is 2.18. The minimum Gasteiger partial charge on any atom is -0.387 e. The molecule has 5 heteroatoms. The largest absolute Gasteiger partial charge is 0.387 e. The Kier molecular flexibility index (Phi) is 5.57. The molecule has 1 heterocycles. The molecule has 2 aromatic rings. The summed E-state index contributed by atoms with van der Waals surface area (Å²) in [5, 5.41) is 13.3. The number of aliphatic hydroxyl groups is 1. The monoisotopic (exact) mass is 306 g/mol. The fourth-order valence-electron chi connectivity index (χ4n) is 2.47. The third-order valence-corrected chi connectivity index (χ3v) is 3.57. The lowest BCUT2D eigenvalue weighted by atomic mass is 9.97. The molecule has 0 aliphatic carbocycles. The van der Waals surface area contributed by atoms with Gasteiger partial charge < -0.3 is 10.4 Å². The molecule has 2 N–H and O–H groups in total. The summed E-state index contributed by atoms with van der Waals surface area (Å²) in [6.45, 7) is 4.11. The quantitative estimate of drug-likeness (QED) is 0.860. The van der Waals surface area contributed by atoms with Gasteiger partial charge in [0.1, 0.15) is 11.6 Å². The van der Waals surface area contributed by atoms with E-state index in [0.717, 1.165) is 17.7 Å². The van der Waals surface area contributed by atoms with Gasteiger partial charge in [-0.1, -0.05) is 26.0 Å². The topological polar surface area (TPSA) is 45.1 Å². The van der Waals surface area contributed by atoms with E-state index in [1.807, 2.05) is 26.0 Å². The Morgan fingerprint density at radius 2 is 1.82 bits per heavy atom. The van der Waals surface area contributed by atoms with Crippen LogP contribution in [0.5, 0.6) is 0 Å². The molecule has 2 atom stereocenters. The molecule has 22 heavy (non-hydrogen) atoms. The zero-order valence-electron chi connectivity index (χ0n) is 12.6. The van der Waals surface area contributed by atoms with Crippen molar-refractivity contribution in [2.75, 3.05) is 6.54 Å². The molecular weight excluding hydrogens is 286 g/mol. The van der Waals surface area contributed by atoms with Gasteiger partial charge in [0.2, 0.25) is 0 Å². The van der Waals surface area contributed by atoms with Crippen molar-refractivity contribution in [3.05, 3.63) is 65.5 Å². The summed E-state index contributed by atoms with van der Waals surface area (Å²) in [4.78, 5) is 4.08. The van der Waals surface area contributed by atoms with Gasteiger partial charge in [0.05, 0.1) is 11.7 Å². The van der Waals surface area contributed by atoms with Gasteiger partial charge in [-0.15, -0.1) is 0 Å². The number of hydrogen-bond acceptors (Lipinski definition) is 3. The number of nitrogens with one attached hydrogen (secondary N) is 1. The second-order valence-corrected chi connectivity index (χ2v) is 5.57. The van der Waals surface area contributed by atoms with Crippen LogP contribution in [0.25, 0.3) is 0 Å². The first kappa shape index (κ1) is 16.5. The standard InChI is InChI=1S/C17H20F2N2O/c1-11(2)17(12-5-4-8-20-9-12)21-10-15(22)16-13(18)6-3-7-14(16)19/h3-9,11,15,17,21-22H,10H2,1-2H3. The van der Waals surface area contributed by atoms with Crippen LogP contribution in [0.15, 0.2) is 42.7 Å². The Bertz CT molecular complexity index is 585. The van der Waals surface area contributed by atoms with E-state index in [-0.39, 0.29) is 24.1 Å². The predicted molar refractivity (Wildman–Crippen MR) is 81.1 cm³/mol. The van der Waals surface area contributed by atoms with E-state index >= 15 is 0 Å². The Hall–Kier alpha value is -1.85. The van der Waals surface area contributed by atoms with E-state index in [9.17, 15) is 13.9 Å². The van der Waals surface area contributed by atoms with Crippen molar-refractivity contribution in [1.82, 2.24) is 10.3 Å². The van der Waals surface area contributed by atoms with E-state index in [4.69, 9.17) is 0 Å². The van der Waals surface area contributed by atoms with Crippen LogP contribution in [-0.2, 0) is 0 Å². The number of benzene rings is 1. The molecule has 1 aromatic heterocycles. The van der Waals surface area contributed by atoms with E-state index < -0.39 is 17.7 Å². The van der Waals surface area contributed by atoms with Crippen molar-refractivity contribution >= 4 is 0 Å². The molecule has 0 aliphatic heterocycles. The van der Waals surface area contributed by atoms with Gasteiger partial charge in [-0.3, -0.25) is 4.98 Å². The van der Waals surface area contributed by atoms with E-state index in [0.29, 0.717) is 0 Å². The first-order chi connectivity index (χ1) is 10.5. The molecule has 0 aliphatic rings. The highest BCUT2D eigenvalue weighted by atomic mass is 19.1. The van der Waals surface area contributed by atoms with Crippen LogP contribution in [0.2, 0.25) is 0 Å². The average molecular weight is 306 g/mol. The van der Waals surface area contributed by atoms with Crippen molar-refractivity contribution in [3.8, 4) is 0 Å². The smallest absolute Gasteiger partial charge is 0.131 e. The summed E-state index contributed by atoms with van der Waals surface area (Å²) >= 11 is 0. The van der Waals surface area contributed by atoms with Crippen molar-refractivity contribution in [2.45, 2.75) is 26.0 Å². The summed E-state index contributed by atoms with van der Waals surface area (Å²) in [5.74, 6) is -1.24. The number of rotatable bonds is 6. The summed E-state index contributed by atoms with van der Waals surface area (Å²) in [5.41, 5.74) is 0.669. The molecule has 0 saturated heterocycles. The van der Waals surface area contributed by atoms with Crippen LogP contribution in [0, 0.1) is 17.6 Å². The number of halogens is 2. The fourth-order valence-corrected chi connectivity index (χ4v) is 2.47. The zero-order valence-corrected chi connectivity index (χ0v) is 12.6. The Morgan fingerprint density at radius 1 is 1.14 bits per heavy atom. The molecule has 0 radical (unpaired) electrons. The van der Waals surface area contributed by atoms with E-state index in [1.165, 1.54) is 6.07 Å². The van der Waals surface area contributed by atoms with Gasteiger partial charge in [-0.05, 0) is 29.7 Å². The van der Waals surface area contributed by atoms with Gasteiger partial charge >= 0.3 is 0 Å². The lowest BCUT2D eigenvalue weighted by molar-refractivity contribution is 0.156. The molecule has 2 unspecified atom stereocenters. The molecule has 0 saturated carbocycles. The highest BCUT2D eigenvalue weighted by Crippen LogP contribution is 2.24. The van der Waals surface area contributed by atoms with Crippen LogP contribution in [0.1, 0.15) is 37.1 Å². The zero-order chi connectivity index (χ0) is 16.1. The van der Waals surface area contributed by atoms with Crippen LogP contribution >= 0.6 is 0 Å². The maximum absolute atomic E-state index is 13.7. The van der Waals surface area contributed by atoms with Crippen molar-refractivity contribution in [1.29, 1.82) is 0 Å². The first-order valence-corrected chi connectivity index (χ1v) is 7.26. The molecule has 0 amide bonds. The van der Waals surface area contributed by atoms with Gasteiger partial charge in [-0.25, -0.2) is 8.78 Å². The molecular formula is C17H20F2N2O. The van der Waals surface area contributed by atoms with Crippen LogP contribution < -0.4 is 5.32 Å². The maximum Gasteiger partial charge on any atom is 0.131 e. The summed E-state index contributed by atoms with van der Waals surface area (Å²) < 4.78 is 27.3. The molecule has 3 nitrogen and oxygen atoms in total. The van der Waals surface area contributed by atoms with E-state index in [2.05, 4.69) is 10.3 Å². The lowest BCUT2D eigenvalue weighted by Crippen LogP contribution is -2.30. The number of aliphatic hydroxyl groups excluding tert-OH is 1. The molecule has 0 bridgehead atoms. The third-order valence-electron chi connectivity index (χ3n) is 3.57. The van der Waals surface area contributed by atoms with Gasteiger partial charge in [0.25, 0.3) is 0 Å². The SMILES string of the molecule is CC(C)C(NCC(O)c1c(F)cccc1F)c1cccnc1. The lowest BCUT2D eigenvalue weighted by Gasteiger charge is -2.24. The van der Waals surface area contributed by atoms with Gasteiger partial charge in [0, 0.05) is 25.0 Å². The normalized spacial score (nSPS) is 14.1. The Morgan fingerprint density at radius 3 is 2.36 bits per heavy atom. The number of aromatic nitrogens is 1. The minimum absolute atomic E-state index is 0.0512. The Labute approximate surface area is 129 Å².